The van der Waals surface area contributed by atoms with E-state index in [4.69, 9.17) is 9.47 Å². The van der Waals surface area contributed by atoms with Gasteiger partial charge >= 0.3 is 5.97 Å². The molecule has 0 N–H and O–H groups in total. The third kappa shape index (κ3) is 3.10. The van der Waals surface area contributed by atoms with Crippen molar-refractivity contribution in [1.82, 2.24) is 0 Å². The van der Waals surface area contributed by atoms with Crippen LogP contribution >= 0.6 is 0 Å². The molecule has 0 fully saturated rings. The molecule has 20 heavy (non-hydrogen) atoms. The van der Waals surface area contributed by atoms with Crippen LogP contribution in [0.5, 0.6) is 5.75 Å². The smallest absolute Gasteiger partial charge is 0.342 e. The van der Waals surface area contributed by atoms with E-state index >= 15 is 0 Å². The normalized spacial score (nSPS) is 10.5. The van der Waals surface area contributed by atoms with Crippen LogP contribution in [0, 0.1) is 0 Å². The Balaban J connectivity index is 2.28. The zero-order chi connectivity index (χ0) is 14.4. The molecule has 0 atom stereocenters. The Kier molecular flexibility index (Phi) is 4.99. The monoisotopic (exact) mass is 272 g/mol. The molecular weight excluding hydrogens is 252 g/mol. The van der Waals surface area contributed by atoms with Crippen molar-refractivity contribution in [3.05, 3.63) is 42.0 Å². The van der Waals surface area contributed by atoms with Gasteiger partial charge in [0.25, 0.3) is 0 Å². The van der Waals surface area contributed by atoms with Gasteiger partial charge in [0.1, 0.15) is 11.3 Å². The maximum absolute atomic E-state index is 12.3. The predicted octanol–water partition coefficient (Wildman–Crippen LogP) is 4.20. The summed E-state index contributed by atoms with van der Waals surface area (Å²) in [7, 11) is 1.57. The molecule has 0 unspecified atom stereocenters. The zero-order valence-electron chi connectivity index (χ0n) is 12.0. The van der Waals surface area contributed by atoms with Gasteiger partial charge in [-0.2, -0.15) is 0 Å². The minimum atomic E-state index is -0.310. The Morgan fingerprint density at radius 3 is 2.65 bits per heavy atom. The van der Waals surface area contributed by atoms with Crippen LogP contribution in [0.15, 0.2) is 36.4 Å². The third-order valence-corrected chi connectivity index (χ3v) is 3.30. The molecule has 0 amide bonds. The Labute approximate surface area is 119 Å². The van der Waals surface area contributed by atoms with E-state index in [1.165, 1.54) is 0 Å². The standard InChI is InChI=1S/C17H20O3/c1-3-4-7-12-20-17(18)16-14-9-6-5-8-13(14)10-11-15(16)19-2/h5-6,8-11H,3-4,7,12H2,1-2H3. The van der Waals surface area contributed by atoms with Gasteiger partial charge in [-0.15, -0.1) is 0 Å². The Hall–Kier alpha value is -2.03. The molecule has 0 aliphatic carbocycles. The molecule has 0 saturated heterocycles. The summed E-state index contributed by atoms with van der Waals surface area (Å²) in [6.07, 6.45) is 3.07. The fraction of sp³-hybridized carbons (Fsp3) is 0.353. The molecule has 106 valence electrons. The van der Waals surface area contributed by atoms with Crippen molar-refractivity contribution in [3.63, 3.8) is 0 Å². The van der Waals surface area contributed by atoms with Crippen molar-refractivity contribution in [2.45, 2.75) is 26.2 Å². The van der Waals surface area contributed by atoms with Crippen molar-refractivity contribution in [3.8, 4) is 5.75 Å². The van der Waals surface area contributed by atoms with Gasteiger partial charge in [0.2, 0.25) is 0 Å². The number of carbonyl (C=O) groups is 1. The molecule has 0 radical (unpaired) electrons. The Bertz CT molecular complexity index is 590. The quantitative estimate of drug-likeness (QED) is 0.584. The molecular formula is C17H20O3. The van der Waals surface area contributed by atoms with Crippen LogP contribution < -0.4 is 4.74 Å². The number of methoxy groups -OCH3 is 1. The highest BCUT2D eigenvalue weighted by molar-refractivity contribution is 6.07. The minimum absolute atomic E-state index is 0.310. The number of unbranched alkanes of at least 4 members (excludes halogenated alkanes) is 2. The summed E-state index contributed by atoms with van der Waals surface area (Å²) in [6, 6.07) is 11.5. The van der Waals surface area contributed by atoms with Gasteiger partial charge in [0.15, 0.2) is 0 Å². The van der Waals surface area contributed by atoms with E-state index in [-0.39, 0.29) is 5.97 Å². The van der Waals surface area contributed by atoms with Gasteiger partial charge < -0.3 is 9.47 Å². The lowest BCUT2D eigenvalue weighted by Gasteiger charge is -2.11. The molecule has 0 saturated carbocycles. The fourth-order valence-electron chi connectivity index (χ4n) is 2.22. The van der Waals surface area contributed by atoms with Gasteiger partial charge in [0.05, 0.1) is 13.7 Å². The summed E-state index contributed by atoms with van der Waals surface area (Å²) < 4.78 is 10.7. The lowest BCUT2D eigenvalue weighted by molar-refractivity contribution is 0.0497. The molecule has 0 aliphatic rings. The molecule has 3 nitrogen and oxygen atoms in total. The summed E-state index contributed by atoms with van der Waals surface area (Å²) in [6.45, 7) is 2.58. The third-order valence-electron chi connectivity index (χ3n) is 3.30. The first-order valence-corrected chi connectivity index (χ1v) is 7.00. The summed E-state index contributed by atoms with van der Waals surface area (Å²) in [5, 5.41) is 1.88. The number of hydrogen-bond acceptors (Lipinski definition) is 3. The van der Waals surface area contributed by atoms with Gasteiger partial charge in [-0.1, -0.05) is 50.1 Å². The maximum Gasteiger partial charge on any atom is 0.342 e. The van der Waals surface area contributed by atoms with Gasteiger partial charge in [0, 0.05) is 0 Å². The first-order valence-electron chi connectivity index (χ1n) is 7.00. The molecule has 0 bridgehead atoms. The second-order valence-electron chi connectivity index (χ2n) is 4.71. The number of fused-ring (bicyclic) bond motifs is 1. The van der Waals surface area contributed by atoms with Crippen LogP contribution in [-0.2, 0) is 4.74 Å². The van der Waals surface area contributed by atoms with Crippen LogP contribution in [0.3, 0.4) is 0 Å². The van der Waals surface area contributed by atoms with Crippen molar-refractivity contribution in [2.75, 3.05) is 13.7 Å². The van der Waals surface area contributed by atoms with Crippen molar-refractivity contribution in [2.24, 2.45) is 0 Å². The first kappa shape index (κ1) is 14.4. The second-order valence-corrected chi connectivity index (χ2v) is 4.71. The molecule has 2 rings (SSSR count). The van der Waals surface area contributed by atoms with E-state index in [1.807, 2.05) is 36.4 Å². The summed E-state index contributed by atoms with van der Waals surface area (Å²) in [5.41, 5.74) is 0.516. The number of esters is 1. The molecule has 2 aromatic carbocycles. The van der Waals surface area contributed by atoms with Crippen LogP contribution in [-0.4, -0.2) is 19.7 Å². The van der Waals surface area contributed by atoms with Crippen molar-refractivity contribution >= 4 is 16.7 Å². The largest absolute Gasteiger partial charge is 0.496 e. The average Bonchev–Trinajstić information content (AvgIpc) is 2.50. The van der Waals surface area contributed by atoms with Crippen LogP contribution in [0.1, 0.15) is 36.5 Å². The summed E-state index contributed by atoms with van der Waals surface area (Å²) in [5.74, 6) is 0.249. The van der Waals surface area contributed by atoms with E-state index in [0.29, 0.717) is 17.9 Å². The summed E-state index contributed by atoms with van der Waals surface area (Å²) in [4.78, 5) is 12.3. The van der Waals surface area contributed by atoms with E-state index in [2.05, 4.69) is 6.92 Å². The first-order chi connectivity index (χ1) is 9.77. The molecule has 0 heterocycles. The van der Waals surface area contributed by atoms with E-state index in [1.54, 1.807) is 7.11 Å². The van der Waals surface area contributed by atoms with E-state index in [0.717, 1.165) is 30.0 Å². The van der Waals surface area contributed by atoms with E-state index in [9.17, 15) is 4.79 Å². The highest BCUT2D eigenvalue weighted by Crippen LogP contribution is 2.28. The molecule has 0 aliphatic heterocycles. The number of carbonyl (C=O) groups excluding carboxylic acids is 1. The number of benzene rings is 2. The number of ether oxygens (including phenoxy) is 2. The van der Waals surface area contributed by atoms with Crippen LogP contribution in [0.2, 0.25) is 0 Å². The van der Waals surface area contributed by atoms with Gasteiger partial charge in [-0.05, 0) is 23.3 Å². The SMILES string of the molecule is CCCCCOC(=O)c1c(OC)ccc2ccccc12. The topological polar surface area (TPSA) is 35.5 Å². The highest BCUT2D eigenvalue weighted by Gasteiger charge is 2.17. The lowest BCUT2D eigenvalue weighted by atomic mass is 10.0. The maximum atomic E-state index is 12.3. The molecule has 0 spiro atoms. The molecule has 0 aromatic heterocycles. The van der Waals surface area contributed by atoms with Gasteiger partial charge in [-0.3, -0.25) is 0 Å². The second kappa shape index (κ2) is 6.94. The minimum Gasteiger partial charge on any atom is -0.496 e. The Morgan fingerprint density at radius 2 is 1.90 bits per heavy atom. The zero-order valence-corrected chi connectivity index (χ0v) is 12.0. The average molecular weight is 272 g/mol. The fourth-order valence-corrected chi connectivity index (χ4v) is 2.22. The van der Waals surface area contributed by atoms with Crippen LogP contribution in [0.25, 0.3) is 10.8 Å². The Morgan fingerprint density at radius 1 is 1.10 bits per heavy atom. The van der Waals surface area contributed by atoms with E-state index < -0.39 is 0 Å². The number of rotatable bonds is 6. The highest BCUT2D eigenvalue weighted by atomic mass is 16.5. The molecule has 2 aromatic rings. The van der Waals surface area contributed by atoms with Crippen LogP contribution in [0.4, 0.5) is 0 Å². The van der Waals surface area contributed by atoms with Crippen molar-refractivity contribution in [1.29, 1.82) is 0 Å². The molecule has 3 heteroatoms. The van der Waals surface area contributed by atoms with Gasteiger partial charge in [-0.25, -0.2) is 4.79 Å². The lowest BCUT2D eigenvalue weighted by Crippen LogP contribution is -2.09. The van der Waals surface area contributed by atoms with Crippen molar-refractivity contribution < 1.29 is 14.3 Å². The predicted molar refractivity (Wildman–Crippen MR) is 80.3 cm³/mol. The summed E-state index contributed by atoms with van der Waals surface area (Å²) >= 11 is 0. The number of hydrogen-bond donors (Lipinski definition) is 0.